The van der Waals surface area contributed by atoms with E-state index >= 15 is 0 Å². The predicted molar refractivity (Wildman–Crippen MR) is 126 cm³/mol. The number of benzene rings is 1. The molecule has 0 aliphatic carbocycles. The average Bonchev–Trinajstić information content (AvgIpc) is 3.05. The van der Waals surface area contributed by atoms with Crippen molar-refractivity contribution in [3.05, 3.63) is 28.2 Å². The summed E-state index contributed by atoms with van der Waals surface area (Å²) in [6.45, 7) is 3.79. The van der Waals surface area contributed by atoms with Gasteiger partial charge in [0.1, 0.15) is 5.84 Å². The molecule has 2 rings (SSSR count). The summed E-state index contributed by atoms with van der Waals surface area (Å²) in [6.07, 6.45) is 4.16. The van der Waals surface area contributed by atoms with E-state index in [4.69, 9.17) is 28.9 Å². The van der Waals surface area contributed by atoms with E-state index in [9.17, 15) is 9.59 Å². The topological polar surface area (TPSA) is 99.8 Å². The number of nitrogens with one attached hydrogen (secondary N) is 2. The summed E-state index contributed by atoms with van der Waals surface area (Å²) in [5, 5.41) is 13.0. The van der Waals surface area contributed by atoms with E-state index in [2.05, 4.69) is 15.7 Å². The molecule has 1 atom stereocenters. The Morgan fingerprint density at radius 3 is 2.57 bits per heavy atom. The van der Waals surface area contributed by atoms with Crippen molar-refractivity contribution in [1.29, 1.82) is 0 Å². The Kier molecular flexibility index (Phi) is 12.1. The number of anilines is 1. The highest BCUT2D eigenvalue weighted by Crippen LogP contribution is 2.29. The van der Waals surface area contributed by atoms with Crippen molar-refractivity contribution in [2.45, 2.75) is 45.4 Å². The fourth-order valence-electron chi connectivity index (χ4n) is 2.95. The third kappa shape index (κ3) is 8.68. The minimum atomic E-state index is -0.108. The van der Waals surface area contributed by atoms with Gasteiger partial charge in [-0.15, -0.1) is 12.4 Å². The molecule has 0 saturated heterocycles. The molecule has 0 radical (unpaired) electrons. The van der Waals surface area contributed by atoms with E-state index in [0.29, 0.717) is 54.8 Å². The summed E-state index contributed by atoms with van der Waals surface area (Å²) < 4.78 is 0. The van der Waals surface area contributed by atoms with Crippen LogP contribution >= 0.6 is 35.6 Å². The van der Waals surface area contributed by atoms with Gasteiger partial charge in [0, 0.05) is 25.3 Å². The van der Waals surface area contributed by atoms with Crippen LogP contribution in [0.15, 0.2) is 23.3 Å². The van der Waals surface area contributed by atoms with E-state index in [0.717, 1.165) is 24.9 Å². The molecule has 0 aromatic heterocycles. The van der Waals surface area contributed by atoms with Crippen LogP contribution in [0, 0.1) is 5.92 Å². The number of unbranched alkanes of at least 4 members (excludes halogenated alkanes) is 2. The van der Waals surface area contributed by atoms with Gasteiger partial charge in [0.2, 0.25) is 11.8 Å². The maximum atomic E-state index is 12.2. The van der Waals surface area contributed by atoms with Crippen LogP contribution in [0.3, 0.4) is 0 Å². The van der Waals surface area contributed by atoms with Gasteiger partial charge in [0.05, 0.1) is 22.3 Å². The monoisotopic (exact) mass is 477 g/mol. The molecule has 4 N–H and O–H groups in total. The standard InChI is InChI=1S/C20H29Cl2N5O2.ClH/c1-14-13-27(15-8-9-16(21)17(22)12-15)26-20(14)25-19(29)7-5-11-24-18(28)6-3-2-4-10-23;/h8-9,12,14H,2-7,10-11,13,23H2,1H3,(H,24,28)(H,25,26,29);1H. The first-order valence-corrected chi connectivity index (χ1v) is 10.7. The normalized spacial score (nSPS) is 15.4. The number of amides is 2. The molecule has 30 heavy (non-hydrogen) atoms. The molecular formula is C20H30Cl3N5O2. The van der Waals surface area contributed by atoms with Crippen LogP contribution in [0.25, 0.3) is 0 Å². The van der Waals surface area contributed by atoms with Gasteiger partial charge in [-0.3, -0.25) is 14.6 Å². The first kappa shape index (κ1) is 26.5. The second kappa shape index (κ2) is 13.7. The van der Waals surface area contributed by atoms with Crippen molar-refractivity contribution in [1.82, 2.24) is 10.6 Å². The lowest BCUT2D eigenvalue weighted by molar-refractivity contribution is -0.122. The molecule has 1 unspecified atom stereocenters. The van der Waals surface area contributed by atoms with Gasteiger partial charge in [-0.05, 0) is 44.0 Å². The zero-order valence-electron chi connectivity index (χ0n) is 17.1. The maximum absolute atomic E-state index is 12.2. The number of amidine groups is 1. The van der Waals surface area contributed by atoms with Crippen LogP contribution < -0.4 is 21.4 Å². The Morgan fingerprint density at radius 2 is 1.87 bits per heavy atom. The summed E-state index contributed by atoms with van der Waals surface area (Å²) in [5.41, 5.74) is 6.25. The van der Waals surface area contributed by atoms with E-state index in [1.54, 1.807) is 17.1 Å². The van der Waals surface area contributed by atoms with Crippen LogP contribution in [0.4, 0.5) is 5.69 Å². The summed E-state index contributed by atoms with van der Waals surface area (Å²) in [4.78, 5) is 23.9. The van der Waals surface area contributed by atoms with Crippen LogP contribution in [0.1, 0.15) is 45.4 Å². The second-order valence-electron chi connectivity index (χ2n) is 7.17. The number of hydrogen-bond acceptors (Lipinski definition) is 5. The predicted octanol–water partition coefficient (Wildman–Crippen LogP) is 3.72. The largest absolute Gasteiger partial charge is 0.356 e. The third-order valence-electron chi connectivity index (χ3n) is 4.62. The van der Waals surface area contributed by atoms with Crippen molar-refractivity contribution in [2.75, 3.05) is 24.6 Å². The van der Waals surface area contributed by atoms with Gasteiger partial charge in [-0.2, -0.15) is 5.10 Å². The van der Waals surface area contributed by atoms with E-state index in [-0.39, 0.29) is 30.1 Å². The van der Waals surface area contributed by atoms with Gasteiger partial charge in [-0.25, -0.2) is 0 Å². The molecule has 1 aromatic carbocycles. The molecule has 1 aromatic rings. The lowest BCUT2D eigenvalue weighted by Crippen LogP contribution is -2.34. The minimum absolute atomic E-state index is 0. The molecule has 0 saturated carbocycles. The van der Waals surface area contributed by atoms with Crippen LogP contribution in [0.2, 0.25) is 10.0 Å². The van der Waals surface area contributed by atoms with Crippen LogP contribution in [-0.4, -0.2) is 37.3 Å². The Labute approximate surface area is 194 Å². The molecule has 2 amide bonds. The number of carbonyl (C=O) groups excluding carboxylic acids is 2. The highest BCUT2D eigenvalue weighted by molar-refractivity contribution is 6.42. The van der Waals surface area contributed by atoms with Gasteiger partial charge in [-0.1, -0.05) is 36.5 Å². The Hall–Kier alpha value is -1.54. The number of nitrogens with two attached hydrogens (primary N) is 1. The number of halogens is 3. The fraction of sp³-hybridized carbons (Fsp3) is 0.550. The number of rotatable bonds is 10. The van der Waals surface area contributed by atoms with Gasteiger partial charge < -0.3 is 16.4 Å². The van der Waals surface area contributed by atoms with E-state index < -0.39 is 0 Å². The zero-order valence-corrected chi connectivity index (χ0v) is 19.5. The number of nitrogens with zero attached hydrogens (tertiary/aromatic N) is 2. The molecule has 0 spiro atoms. The quantitative estimate of drug-likeness (QED) is 0.446. The molecule has 10 heteroatoms. The summed E-state index contributed by atoms with van der Waals surface area (Å²) in [6, 6.07) is 5.32. The fourth-order valence-corrected chi connectivity index (χ4v) is 3.24. The summed E-state index contributed by atoms with van der Waals surface area (Å²) in [7, 11) is 0. The van der Waals surface area contributed by atoms with Crippen molar-refractivity contribution in [3.63, 3.8) is 0 Å². The van der Waals surface area contributed by atoms with E-state index in [1.807, 2.05) is 13.0 Å². The van der Waals surface area contributed by atoms with Gasteiger partial charge in [0.15, 0.2) is 0 Å². The SMILES string of the molecule is CC1CN(c2ccc(Cl)c(Cl)c2)N=C1NC(=O)CCCNC(=O)CCCCCN.Cl. The first-order chi connectivity index (χ1) is 13.9. The van der Waals surface area contributed by atoms with Gasteiger partial charge >= 0.3 is 0 Å². The van der Waals surface area contributed by atoms with Crippen molar-refractivity contribution >= 4 is 58.9 Å². The smallest absolute Gasteiger partial charge is 0.225 e. The van der Waals surface area contributed by atoms with Crippen molar-refractivity contribution in [2.24, 2.45) is 16.8 Å². The Balaban J connectivity index is 0.00000450. The molecule has 1 aliphatic heterocycles. The average molecular weight is 479 g/mol. The van der Waals surface area contributed by atoms with Crippen LogP contribution in [0.5, 0.6) is 0 Å². The van der Waals surface area contributed by atoms with E-state index in [1.165, 1.54) is 0 Å². The number of carbonyl (C=O) groups is 2. The minimum Gasteiger partial charge on any atom is -0.356 e. The number of hydrazone groups is 1. The lowest BCUT2D eigenvalue weighted by Gasteiger charge is -2.14. The molecule has 0 bridgehead atoms. The molecule has 7 nitrogen and oxygen atoms in total. The number of hydrogen-bond donors (Lipinski definition) is 3. The summed E-state index contributed by atoms with van der Waals surface area (Å²) >= 11 is 12.0. The Morgan fingerprint density at radius 1 is 1.13 bits per heavy atom. The molecular weight excluding hydrogens is 449 g/mol. The molecule has 0 fully saturated rings. The van der Waals surface area contributed by atoms with Crippen molar-refractivity contribution in [3.8, 4) is 0 Å². The molecule has 168 valence electrons. The summed E-state index contributed by atoms with van der Waals surface area (Å²) in [5.74, 6) is 0.629. The molecule has 1 aliphatic rings. The van der Waals surface area contributed by atoms with Crippen molar-refractivity contribution < 1.29 is 9.59 Å². The second-order valence-corrected chi connectivity index (χ2v) is 7.98. The molecule has 1 heterocycles. The maximum Gasteiger partial charge on any atom is 0.225 e. The Bertz CT molecular complexity index is 745. The third-order valence-corrected chi connectivity index (χ3v) is 5.36. The van der Waals surface area contributed by atoms with Crippen LogP contribution in [-0.2, 0) is 9.59 Å². The first-order valence-electron chi connectivity index (χ1n) is 9.98. The zero-order chi connectivity index (χ0) is 21.2. The lowest BCUT2D eigenvalue weighted by atomic mass is 10.1. The van der Waals surface area contributed by atoms with Gasteiger partial charge in [0.25, 0.3) is 0 Å². The highest BCUT2D eigenvalue weighted by Gasteiger charge is 2.25. The highest BCUT2D eigenvalue weighted by atomic mass is 35.5.